The van der Waals surface area contributed by atoms with Crippen LogP contribution < -0.4 is 5.32 Å². The molecule has 1 aromatic carbocycles. The van der Waals surface area contributed by atoms with Crippen LogP contribution in [0.15, 0.2) is 36.5 Å². The Kier molecular flexibility index (Phi) is 4.29. The van der Waals surface area contributed by atoms with Crippen LogP contribution in [-0.4, -0.2) is 20.7 Å². The largest absolute Gasteiger partial charge is 0.297 e. The Balaban J connectivity index is 1.48. The van der Waals surface area contributed by atoms with E-state index in [2.05, 4.69) is 15.4 Å². The van der Waals surface area contributed by atoms with Crippen LogP contribution in [0, 0.1) is 12.7 Å². The Bertz CT molecular complexity index is 1060. The number of nitrogens with zero attached hydrogens (tertiary/aromatic N) is 3. The summed E-state index contributed by atoms with van der Waals surface area (Å²) < 4.78 is 14.8. The number of anilines is 1. The quantitative estimate of drug-likeness (QED) is 0.566. The molecule has 1 amide bonds. The molecule has 1 N–H and O–H groups in total. The number of thiophene rings is 1. The predicted octanol–water partition coefficient (Wildman–Crippen LogP) is 4.38. The van der Waals surface area contributed by atoms with Gasteiger partial charge in [0.2, 0.25) is 0 Å². The summed E-state index contributed by atoms with van der Waals surface area (Å²) in [5.41, 5.74) is 1.91. The zero-order valence-electron chi connectivity index (χ0n) is 14.1. The number of aromatic nitrogens is 3. The van der Waals surface area contributed by atoms with Crippen LogP contribution in [0.25, 0.3) is 10.2 Å². The summed E-state index contributed by atoms with van der Waals surface area (Å²) in [5, 5.41) is 8.75. The lowest BCUT2D eigenvalue weighted by Gasteiger charge is -1.99. The van der Waals surface area contributed by atoms with Gasteiger partial charge in [-0.15, -0.1) is 22.7 Å². The topological polar surface area (TPSA) is 59.8 Å². The maximum absolute atomic E-state index is 13.0. The summed E-state index contributed by atoms with van der Waals surface area (Å²) in [5.74, 6) is -0.423. The van der Waals surface area contributed by atoms with Gasteiger partial charge in [0.25, 0.3) is 5.91 Å². The number of carbonyl (C=O) groups excluding carboxylic acids is 1. The van der Waals surface area contributed by atoms with Crippen LogP contribution in [0.4, 0.5) is 9.52 Å². The van der Waals surface area contributed by atoms with Crippen molar-refractivity contribution in [3.8, 4) is 0 Å². The Morgan fingerprint density at radius 1 is 1.27 bits per heavy atom. The Morgan fingerprint density at radius 2 is 2.04 bits per heavy atom. The van der Waals surface area contributed by atoms with E-state index < -0.39 is 0 Å². The first kappa shape index (κ1) is 16.9. The fourth-order valence-corrected chi connectivity index (χ4v) is 4.59. The second kappa shape index (κ2) is 6.62. The highest BCUT2D eigenvalue weighted by Gasteiger charge is 2.16. The van der Waals surface area contributed by atoms with Gasteiger partial charge in [0.15, 0.2) is 5.13 Å². The van der Waals surface area contributed by atoms with Crippen LogP contribution in [0.2, 0.25) is 0 Å². The molecule has 0 bridgehead atoms. The minimum Gasteiger partial charge on any atom is -0.297 e. The first-order valence-corrected chi connectivity index (χ1v) is 9.56. The number of fused-ring (bicyclic) bond motifs is 1. The average Bonchev–Trinajstić information content (AvgIpc) is 3.29. The zero-order valence-corrected chi connectivity index (χ0v) is 15.7. The molecule has 4 aromatic rings. The molecule has 0 aliphatic carbocycles. The highest BCUT2D eigenvalue weighted by molar-refractivity contribution is 7.20. The predicted molar refractivity (Wildman–Crippen MR) is 103 cm³/mol. The molecule has 8 heteroatoms. The van der Waals surface area contributed by atoms with Gasteiger partial charge in [-0.05, 0) is 30.7 Å². The molecule has 0 radical (unpaired) electrons. The van der Waals surface area contributed by atoms with Crippen molar-refractivity contribution in [3.05, 3.63) is 63.4 Å². The van der Waals surface area contributed by atoms with Gasteiger partial charge in [-0.2, -0.15) is 5.10 Å². The third kappa shape index (κ3) is 3.25. The molecule has 0 unspecified atom stereocenters. The van der Waals surface area contributed by atoms with E-state index in [0.29, 0.717) is 16.4 Å². The maximum atomic E-state index is 13.0. The molecule has 0 aliphatic heterocycles. The lowest BCUT2D eigenvalue weighted by molar-refractivity contribution is 0.103. The van der Waals surface area contributed by atoms with Gasteiger partial charge in [-0.1, -0.05) is 12.1 Å². The molecule has 0 aliphatic rings. The van der Waals surface area contributed by atoms with Gasteiger partial charge < -0.3 is 0 Å². The molecule has 26 heavy (non-hydrogen) atoms. The Hall–Kier alpha value is -2.58. The van der Waals surface area contributed by atoms with E-state index in [1.807, 2.05) is 20.0 Å². The number of aryl methyl sites for hydroxylation is 2. The zero-order chi connectivity index (χ0) is 18.3. The third-order valence-corrected chi connectivity index (χ3v) is 6.10. The molecule has 3 aromatic heterocycles. The monoisotopic (exact) mass is 386 g/mol. The van der Waals surface area contributed by atoms with Crippen molar-refractivity contribution in [2.75, 3.05) is 5.32 Å². The number of thiazole rings is 1. The van der Waals surface area contributed by atoms with Crippen molar-refractivity contribution >= 4 is 43.9 Å². The average molecular weight is 386 g/mol. The van der Waals surface area contributed by atoms with Crippen LogP contribution >= 0.6 is 22.7 Å². The standard InChI is InChI=1S/C18H15FN4OS2/c1-10-14-8-15(26-17(14)23(2)22-10)16(24)21-18-20-9-13(25-18)7-11-3-5-12(19)6-4-11/h3-6,8-9H,7H2,1-2H3,(H,20,21,24). The first-order valence-electron chi connectivity index (χ1n) is 7.93. The fourth-order valence-electron chi connectivity index (χ4n) is 2.73. The van der Waals surface area contributed by atoms with Crippen LogP contribution in [0.1, 0.15) is 25.8 Å². The van der Waals surface area contributed by atoms with Gasteiger partial charge in [-0.25, -0.2) is 9.37 Å². The molecule has 0 atom stereocenters. The third-order valence-electron chi connectivity index (χ3n) is 3.99. The molecular weight excluding hydrogens is 371 g/mol. The van der Waals surface area contributed by atoms with Crippen LogP contribution in [0.3, 0.4) is 0 Å². The van der Waals surface area contributed by atoms with Gasteiger partial charge >= 0.3 is 0 Å². The summed E-state index contributed by atoms with van der Waals surface area (Å²) in [6, 6.07) is 8.25. The second-order valence-electron chi connectivity index (χ2n) is 5.93. The smallest absolute Gasteiger partial charge is 0.267 e. The number of halogens is 1. The number of carbonyl (C=O) groups is 1. The maximum Gasteiger partial charge on any atom is 0.267 e. The molecule has 4 rings (SSSR count). The molecule has 0 saturated heterocycles. The SMILES string of the molecule is Cc1nn(C)c2sc(C(=O)Nc3ncc(Cc4ccc(F)cc4)s3)cc12. The number of hydrogen-bond donors (Lipinski definition) is 1. The van der Waals surface area contributed by atoms with Crippen LogP contribution in [-0.2, 0) is 13.5 Å². The molecular formula is C18H15FN4OS2. The van der Waals surface area contributed by atoms with E-state index in [-0.39, 0.29) is 11.7 Å². The van der Waals surface area contributed by atoms with Crippen molar-refractivity contribution in [1.29, 1.82) is 0 Å². The van der Waals surface area contributed by atoms with E-state index >= 15 is 0 Å². The minimum absolute atomic E-state index is 0.173. The molecule has 3 heterocycles. The van der Waals surface area contributed by atoms with Gasteiger partial charge in [0, 0.05) is 29.9 Å². The number of nitrogens with one attached hydrogen (secondary N) is 1. The van der Waals surface area contributed by atoms with Crippen LogP contribution in [0.5, 0.6) is 0 Å². The summed E-state index contributed by atoms with van der Waals surface area (Å²) >= 11 is 2.83. The Labute approximate surface area is 157 Å². The van der Waals surface area contributed by atoms with E-state index in [1.165, 1.54) is 34.8 Å². The lowest BCUT2D eigenvalue weighted by atomic mass is 10.1. The Morgan fingerprint density at radius 3 is 2.77 bits per heavy atom. The minimum atomic E-state index is -0.250. The van der Waals surface area contributed by atoms with E-state index in [0.717, 1.165) is 26.4 Å². The number of amides is 1. The normalized spacial score (nSPS) is 11.2. The van der Waals surface area contributed by atoms with Crippen molar-refractivity contribution in [3.63, 3.8) is 0 Å². The van der Waals surface area contributed by atoms with Crippen molar-refractivity contribution < 1.29 is 9.18 Å². The van der Waals surface area contributed by atoms with Crippen molar-refractivity contribution in [2.45, 2.75) is 13.3 Å². The van der Waals surface area contributed by atoms with E-state index in [4.69, 9.17) is 0 Å². The molecule has 0 fully saturated rings. The highest BCUT2D eigenvalue weighted by atomic mass is 32.1. The highest BCUT2D eigenvalue weighted by Crippen LogP contribution is 2.29. The summed E-state index contributed by atoms with van der Waals surface area (Å²) in [6.45, 7) is 1.93. The first-order chi connectivity index (χ1) is 12.5. The van der Waals surface area contributed by atoms with Gasteiger partial charge in [-0.3, -0.25) is 14.8 Å². The van der Waals surface area contributed by atoms with Crippen molar-refractivity contribution in [1.82, 2.24) is 14.8 Å². The molecule has 0 saturated carbocycles. The molecule has 132 valence electrons. The molecule has 5 nitrogen and oxygen atoms in total. The number of benzene rings is 1. The van der Waals surface area contributed by atoms with E-state index in [9.17, 15) is 9.18 Å². The second-order valence-corrected chi connectivity index (χ2v) is 8.07. The number of hydrogen-bond acceptors (Lipinski definition) is 5. The summed E-state index contributed by atoms with van der Waals surface area (Å²) in [6.07, 6.45) is 2.39. The fraction of sp³-hybridized carbons (Fsp3) is 0.167. The van der Waals surface area contributed by atoms with Gasteiger partial charge in [0.1, 0.15) is 10.6 Å². The number of rotatable bonds is 4. The summed E-state index contributed by atoms with van der Waals surface area (Å²) in [7, 11) is 1.87. The van der Waals surface area contributed by atoms with Crippen molar-refractivity contribution in [2.24, 2.45) is 7.05 Å². The summed E-state index contributed by atoms with van der Waals surface area (Å²) in [4.78, 5) is 19.4. The molecule has 0 spiro atoms. The van der Waals surface area contributed by atoms with E-state index in [1.54, 1.807) is 23.0 Å². The lowest BCUT2D eigenvalue weighted by Crippen LogP contribution is -2.09. The van der Waals surface area contributed by atoms with Gasteiger partial charge in [0.05, 0.1) is 10.6 Å².